The van der Waals surface area contributed by atoms with Crippen LogP contribution in [0.3, 0.4) is 0 Å². The van der Waals surface area contributed by atoms with E-state index in [2.05, 4.69) is 115 Å². The summed E-state index contributed by atoms with van der Waals surface area (Å²) in [7, 11) is 0. The molecule has 7 N–H and O–H groups in total. The van der Waals surface area contributed by atoms with Crippen LogP contribution in [-0.4, -0.2) is 103 Å². The van der Waals surface area contributed by atoms with Gasteiger partial charge in [0.15, 0.2) is 0 Å². The van der Waals surface area contributed by atoms with Crippen LogP contribution in [0, 0.1) is 16.2 Å². The largest absolute Gasteiger partial charge is 0.454 e. The number of hydrogen-bond acceptors (Lipinski definition) is 10. The van der Waals surface area contributed by atoms with Crippen LogP contribution in [0.4, 0.5) is 9.59 Å². The van der Waals surface area contributed by atoms with Crippen molar-refractivity contribution in [1.29, 1.82) is 0 Å². The van der Waals surface area contributed by atoms with E-state index in [0.717, 1.165) is 55.0 Å². The van der Waals surface area contributed by atoms with Gasteiger partial charge in [-0.1, -0.05) is 110 Å². The molecule has 0 aromatic heterocycles. The normalized spacial score (nSPS) is 13.7. The Bertz CT molecular complexity index is 2010. The minimum absolute atomic E-state index is 0.000331. The number of carbonyl (C=O) groups excluding carboxylic acids is 8. The lowest BCUT2D eigenvalue weighted by molar-refractivity contribution is -0.163. The molecule has 0 bridgehead atoms. The number of amides is 7. The van der Waals surface area contributed by atoms with Gasteiger partial charge in [0.05, 0.1) is 6.04 Å². The second kappa shape index (κ2) is 35.1. The molecule has 17 nitrogen and oxygen atoms in total. The first-order valence-corrected chi connectivity index (χ1v) is 29.5. The van der Waals surface area contributed by atoms with Gasteiger partial charge in [-0.2, -0.15) is 0 Å². The summed E-state index contributed by atoms with van der Waals surface area (Å²) in [6.07, 6.45) is 9.87. The van der Waals surface area contributed by atoms with Gasteiger partial charge in [0.1, 0.15) is 17.2 Å². The van der Waals surface area contributed by atoms with E-state index >= 15 is 0 Å². The second-order valence-electron chi connectivity index (χ2n) is 26.3. The van der Waals surface area contributed by atoms with E-state index in [0.29, 0.717) is 64.5 Å². The van der Waals surface area contributed by atoms with Crippen LogP contribution in [0.5, 0.6) is 0 Å². The fourth-order valence-electron chi connectivity index (χ4n) is 8.33. The smallest absolute Gasteiger partial charge is 0.407 e. The number of alkyl carbamates (subject to hydrolysis) is 1. The van der Waals surface area contributed by atoms with Crippen LogP contribution in [0.1, 0.15) is 225 Å². The van der Waals surface area contributed by atoms with Crippen molar-refractivity contribution >= 4 is 63.4 Å². The number of nitrogens with one attached hydrogen (secondary N) is 7. The molecule has 0 saturated heterocycles. The highest BCUT2D eigenvalue weighted by Crippen LogP contribution is 2.29. The highest BCUT2D eigenvalue weighted by molar-refractivity contribution is 9.10. The van der Waals surface area contributed by atoms with Gasteiger partial charge in [-0.05, 0) is 159 Å². The number of aryl methyl sites for hydroxylation is 1. The highest BCUT2D eigenvalue weighted by atomic mass is 79.9. The molecule has 0 saturated carbocycles. The molecule has 18 heteroatoms. The van der Waals surface area contributed by atoms with E-state index in [1.165, 1.54) is 0 Å². The molecule has 1 aromatic rings. The van der Waals surface area contributed by atoms with Crippen molar-refractivity contribution in [2.45, 2.75) is 261 Å². The fraction of sp³-hybridized carbons (Fsp3) is 0.767. The number of ether oxygens (including phenoxy) is 2. The van der Waals surface area contributed by atoms with Crippen LogP contribution in [0.15, 0.2) is 28.7 Å². The predicted octanol–water partition coefficient (Wildman–Crippen LogP) is 10.8. The molecule has 0 spiro atoms. The number of unbranched alkanes of at least 4 members (excludes halogenated alkanes) is 6. The molecule has 0 aliphatic rings. The van der Waals surface area contributed by atoms with Crippen LogP contribution in [0.2, 0.25) is 0 Å². The van der Waals surface area contributed by atoms with Crippen LogP contribution < -0.4 is 37.2 Å². The van der Waals surface area contributed by atoms with Gasteiger partial charge in [-0.25, -0.2) is 14.4 Å². The van der Waals surface area contributed by atoms with Crippen molar-refractivity contribution in [2.75, 3.05) is 19.6 Å². The number of hydrogen-bond donors (Lipinski definition) is 7. The Hall–Kier alpha value is -4.74. The summed E-state index contributed by atoms with van der Waals surface area (Å²) in [4.78, 5) is 105. The molecule has 0 heterocycles. The maximum atomic E-state index is 14.0. The van der Waals surface area contributed by atoms with Crippen molar-refractivity contribution < 1.29 is 47.8 Å². The van der Waals surface area contributed by atoms with E-state index in [9.17, 15) is 38.4 Å². The zero-order valence-corrected chi connectivity index (χ0v) is 52.2. The van der Waals surface area contributed by atoms with Gasteiger partial charge in [0.25, 0.3) is 5.78 Å². The fourth-order valence-corrected chi connectivity index (χ4v) is 8.59. The van der Waals surface area contributed by atoms with Gasteiger partial charge in [-0.3, -0.25) is 24.0 Å². The average Bonchev–Trinajstić information content (AvgIpc) is 3.29. The Morgan fingerprint density at radius 1 is 0.474 bits per heavy atom. The number of ketones is 1. The summed E-state index contributed by atoms with van der Waals surface area (Å²) in [6.45, 7) is 30.6. The van der Waals surface area contributed by atoms with Crippen molar-refractivity contribution in [3.8, 4) is 0 Å². The number of rotatable bonds is 34. The maximum Gasteiger partial charge on any atom is 0.407 e. The molecule has 78 heavy (non-hydrogen) atoms. The number of urea groups is 1. The lowest BCUT2D eigenvalue weighted by atomic mass is 9.79. The first-order chi connectivity index (χ1) is 36.0. The highest BCUT2D eigenvalue weighted by Gasteiger charge is 2.34. The number of benzene rings is 1. The minimum atomic E-state index is -1.24. The Balaban J connectivity index is 2.81. The SMILES string of the molecule is CC(C)(C)CCC(NC(=O)NC(CCC(=O)NCCCCCCCC(=O)NC(CCCCNC(=O)OC(C)(C)C)C(=O)N[C@@H](CCCCNC(=O)CCCc1ccc(Br)cc1)C(=O)C(=O)OC(C)(C)C)C(C)(C)C)C(C)(C)C. The topological polar surface area (TPSA) is 239 Å². The van der Waals surface area contributed by atoms with Gasteiger partial charge in [0, 0.05) is 55.5 Å². The van der Waals surface area contributed by atoms with E-state index in [1.54, 1.807) is 41.5 Å². The van der Waals surface area contributed by atoms with E-state index in [1.807, 2.05) is 24.3 Å². The lowest BCUT2D eigenvalue weighted by Gasteiger charge is -2.36. The Morgan fingerprint density at radius 2 is 0.949 bits per heavy atom. The number of carbonyl (C=O) groups is 8. The van der Waals surface area contributed by atoms with Crippen molar-refractivity contribution in [2.24, 2.45) is 16.2 Å². The quantitative estimate of drug-likeness (QED) is 0.0196. The van der Waals surface area contributed by atoms with Crippen LogP contribution in [-0.2, 0) is 44.7 Å². The predicted molar refractivity (Wildman–Crippen MR) is 314 cm³/mol. The molecule has 0 radical (unpaired) electrons. The number of halogens is 1. The molecule has 0 aliphatic carbocycles. The summed E-state index contributed by atoms with van der Waals surface area (Å²) in [6, 6.07) is 5.27. The summed E-state index contributed by atoms with van der Waals surface area (Å²) >= 11 is 3.43. The third kappa shape index (κ3) is 35.7. The minimum Gasteiger partial charge on any atom is -0.454 e. The number of Topliss-reactive ketones (excluding diaryl/α,β-unsaturated/α-hetero) is 1. The third-order valence-electron chi connectivity index (χ3n) is 12.9. The van der Waals surface area contributed by atoms with Gasteiger partial charge in [0.2, 0.25) is 23.6 Å². The molecule has 3 unspecified atom stereocenters. The van der Waals surface area contributed by atoms with Gasteiger partial charge >= 0.3 is 18.1 Å². The molecule has 1 aromatic carbocycles. The summed E-state index contributed by atoms with van der Waals surface area (Å²) in [5, 5.41) is 20.6. The second-order valence-corrected chi connectivity index (χ2v) is 27.2. The summed E-state index contributed by atoms with van der Waals surface area (Å²) in [5.74, 6) is -3.13. The Labute approximate surface area is 477 Å². The molecule has 1 rings (SSSR count). The zero-order valence-electron chi connectivity index (χ0n) is 50.6. The van der Waals surface area contributed by atoms with E-state index in [4.69, 9.17) is 9.47 Å². The average molecular weight is 1160 g/mol. The van der Waals surface area contributed by atoms with E-state index < -0.39 is 47.0 Å². The Morgan fingerprint density at radius 3 is 1.49 bits per heavy atom. The standard InChI is InChI=1S/C60H104BrN7O10/c1-56(2,3)38-37-47(58(7,8)9)68-54(75)67-46(57(4,5)6)35-36-49(70)63-39-22-18-16-17-19-29-50(71)65-45(28-21-24-41-64-55(76)78-60(13,14)15)52(73)66-44(51(72)53(74)77-59(10,11)12)27-20-23-40-62-48(69)30-25-26-42-31-33-43(61)34-32-42/h31-34,44-47H,16-30,35-41H2,1-15H3,(H,62,69)(H,63,70)(H,64,76)(H,65,71)(H,66,73)(H2,67,68,75)/t44-,45?,46?,47?/m0/s1. The van der Waals surface area contributed by atoms with Gasteiger partial charge in [-0.15, -0.1) is 0 Å². The van der Waals surface area contributed by atoms with Crippen molar-refractivity contribution in [1.82, 2.24) is 37.2 Å². The number of esters is 1. The molecular formula is C60H104BrN7O10. The first-order valence-electron chi connectivity index (χ1n) is 28.7. The van der Waals surface area contributed by atoms with Crippen molar-refractivity contribution in [3.63, 3.8) is 0 Å². The maximum absolute atomic E-state index is 14.0. The molecule has 0 fully saturated rings. The van der Waals surface area contributed by atoms with Crippen molar-refractivity contribution in [3.05, 3.63) is 34.3 Å². The third-order valence-corrected chi connectivity index (χ3v) is 13.5. The summed E-state index contributed by atoms with van der Waals surface area (Å²) in [5.41, 5.74) is -0.699. The molecular weight excluding hydrogens is 1060 g/mol. The summed E-state index contributed by atoms with van der Waals surface area (Å²) < 4.78 is 11.7. The zero-order chi connectivity index (χ0) is 59.3. The van der Waals surface area contributed by atoms with E-state index in [-0.39, 0.29) is 84.3 Å². The van der Waals surface area contributed by atoms with Gasteiger partial charge < -0.3 is 46.7 Å². The molecule has 446 valence electrons. The van der Waals surface area contributed by atoms with Crippen LogP contribution >= 0.6 is 15.9 Å². The monoisotopic (exact) mass is 1160 g/mol. The Kier molecular flexibility index (Phi) is 32.1. The lowest BCUT2D eigenvalue weighted by Crippen LogP contribution is -2.53. The molecule has 4 atom stereocenters. The first kappa shape index (κ1) is 71.3. The molecule has 7 amide bonds. The molecule has 0 aliphatic heterocycles. The van der Waals surface area contributed by atoms with Crippen LogP contribution in [0.25, 0.3) is 0 Å².